The number of benzene rings is 6. The molecule has 190 valence electrons. The van der Waals surface area contributed by atoms with Gasteiger partial charge in [0.15, 0.2) is 0 Å². The monoisotopic (exact) mass is 539 g/mol. The molecule has 0 radical (unpaired) electrons. The molecule has 4 heteroatoms. The van der Waals surface area contributed by atoms with Crippen LogP contribution >= 0.6 is 11.3 Å². The van der Waals surface area contributed by atoms with Gasteiger partial charge in [-0.15, -0.1) is 11.3 Å². The summed E-state index contributed by atoms with van der Waals surface area (Å²) >= 11 is 1.87. The van der Waals surface area contributed by atoms with E-state index in [1.54, 1.807) is 0 Å². The maximum Gasteiger partial charge on any atom is 0.147 e. The lowest BCUT2D eigenvalue weighted by molar-refractivity contribution is 1.18. The van der Waals surface area contributed by atoms with E-state index in [9.17, 15) is 0 Å². The highest BCUT2D eigenvalue weighted by molar-refractivity contribution is 7.26. The number of pyridine rings is 1. The Morgan fingerprint density at radius 2 is 1.20 bits per heavy atom. The molecule has 0 spiro atoms. The zero-order valence-electron chi connectivity index (χ0n) is 21.9. The number of hydrogen-bond acceptors (Lipinski definition) is 2. The van der Waals surface area contributed by atoms with Gasteiger partial charge in [0.2, 0.25) is 0 Å². The molecule has 0 bridgehead atoms. The predicted molar refractivity (Wildman–Crippen MR) is 175 cm³/mol. The number of para-hydroxylation sites is 4. The largest absolute Gasteiger partial charge is 0.309 e. The minimum absolute atomic E-state index is 1.02. The van der Waals surface area contributed by atoms with Crippen molar-refractivity contribution in [3.05, 3.63) is 127 Å². The van der Waals surface area contributed by atoms with E-state index in [0.717, 1.165) is 22.4 Å². The maximum atomic E-state index is 5.33. The highest BCUT2D eigenvalue weighted by Crippen LogP contribution is 2.45. The maximum absolute atomic E-state index is 5.33. The topological polar surface area (TPSA) is 22.2 Å². The van der Waals surface area contributed by atoms with Gasteiger partial charge < -0.3 is 4.57 Å². The quantitative estimate of drug-likeness (QED) is 0.190. The zero-order chi connectivity index (χ0) is 26.7. The molecular formula is C37H21N3S. The molecule has 4 aromatic heterocycles. The van der Waals surface area contributed by atoms with Crippen molar-refractivity contribution in [3.8, 4) is 5.69 Å². The number of hydrogen-bond donors (Lipinski definition) is 0. The van der Waals surface area contributed by atoms with Gasteiger partial charge in [-0.3, -0.25) is 4.40 Å². The van der Waals surface area contributed by atoms with Crippen LogP contribution in [-0.2, 0) is 0 Å². The van der Waals surface area contributed by atoms with Crippen molar-refractivity contribution in [2.24, 2.45) is 0 Å². The number of nitrogens with zero attached hydrogens (tertiary/aromatic N) is 3. The van der Waals surface area contributed by atoms with Gasteiger partial charge in [0.1, 0.15) is 5.65 Å². The summed E-state index contributed by atoms with van der Waals surface area (Å²) < 4.78 is 7.44. The second kappa shape index (κ2) is 7.72. The fourth-order valence-corrected chi connectivity index (χ4v) is 8.25. The van der Waals surface area contributed by atoms with Gasteiger partial charge in [0.05, 0.1) is 27.6 Å². The summed E-state index contributed by atoms with van der Waals surface area (Å²) in [6, 6.07) is 46.0. The molecule has 0 amide bonds. The summed E-state index contributed by atoms with van der Waals surface area (Å²) in [4.78, 5) is 5.33. The smallest absolute Gasteiger partial charge is 0.147 e. The number of thiophene rings is 1. The molecule has 0 aliphatic heterocycles. The highest BCUT2D eigenvalue weighted by atomic mass is 32.1. The minimum Gasteiger partial charge on any atom is -0.309 e. The molecule has 0 N–H and O–H groups in total. The van der Waals surface area contributed by atoms with Crippen LogP contribution in [-0.4, -0.2) is 14.0 Å². The molecule has 0 fully saturated rings. The van der Waals surface area contributed by atoms with Crippen LogP contribution in [0.15, 0.2) is 127 Å². The lowest BCUT2D eigenvalue weighted by atomic mass is 10.0. The molecule has 4 heterocycles. The summed E-state index contributed by atoms with van der Waals surface area (Å²) in [6.45, 7) is 0. The molecule has 41 heavy (non-hydrogen) atoms. The Bertz CT molecular complexity index is 2690. The molecule has 0 atom stereocenters. The number of imidazole rings is 1. The van der Waals surface area contributed by atoms with Gasteiger partial charge in [-0.25, -0.2) is 4.98 Å². The van der Waals surface area contributed by atoms with E-state index < -0.39 is 0 Å². The summed E-state index contributed by atoms with van der Waals surface area (Å²) in [6.07, 6.45) is 0. The van der Waals surface area contributed by atoms with Crippen molar-refractivity contribution in [1.29, 1.82) is 0 Å². The fraction of sp³-hybridized carbons (Fsp3) is 0. The molecule has 0 unspecified atom stereocenters. The van der Waals surface area contributed by atoms with Crippen LogP contribution in [0, 0.1) is 0 Å². The van der Waals surface area contributed by atoms with E-state index in [2.05, 4.69) is 136 Å². The van der Waals surface area contributed by atoms with Gasteiger partial charge in [-0.1, -0.05) is 84.9 Å². The molecule has 10 rings (SSSR count). The average molecular weight is 540 g/mol. The first kappa shape index (κ1) is 21.6. The third-order valence-corrected chi connectivity index (χ3v) is 9.87. The van der Waals surface area contributed by atoms with Crippen LogP contribution in [0.4, 0.5) is 0 Å². The average Bonchev–Trinajstić information content (AvgIpc) is 3.71. The molecule has 3 nitrogen and oxygen atoms in total. The first-order valence-corrected chi connectivity index (χ1v) is 14.7. The van der Waals surface area contributed by atoms with E-state index in [0.29, 0.717) is 0 Å². The van der Waals surface area contributed by atoms with Crippen molar-refractivity contribution in [2.45, 2.75) is 0 Å². The lowest BCUT2D eigenvalue weighted by Crippen LogP contribution is -1.95. The Morgan fingerprint density at radius 1 is 0.488 bits per heavy atom. The van der Waals surface area contributed by atoms with Gasteiger partial charge in [0.25, 0.3) is 0 Å². The van der Waals surface area contributed by atoms with Crippen LogP contribution in [0.2, 0.25) is 0 Å². The standard InChI is InChI=1S/C37H21N3S/c1-2-10-22(11-3-1)39-29-15-7-4-13-27(29)33-31(39)21-20-25-24-18-19-26-23-12-5-9-17-32(23)41-36(26)34(24)37-38-28-14-6-8-16-30(28)40(37)35(25)33/h1-21H. The Kier molecular flexibility index (Phi) is 4.07. The second-order valence-electron chi connectivity index (χ2n) is 10.8. The van der Waals surface area contributed by atoms with Crippen molar-refractivity contribution in [1.82, 2.24) is 14.0 Å². The molecule has 0 saturated heterocycles. The SMILES string of the molecule is c1ccc(-n2c3ccccc3c3c2ccc2c4ccc5c6ccccc6sc5c4c4nc5ccccc5n4c23)cc1. The van der Waals surface area contributed by atoms with Gasteiger partial charge >= 0.3 is 0 Å². The van der Waals surface area contributed by atoms with Crippen LogP contribution in [0.1, 0.15) is 0 Å². The van der Waals surface area contributed by atoms with E-state index in [-0.39, 0.29) is 0 Å². The number of aromatic nitrogens is 3. The van der Waals surface area contributed by atoms with E-state index >= 15 is 0 Å². The Morgan fingerprint density at radius 3 is 2.10 bits per heavy atom. The normalized spacial score (nSPS) is 12.4. The van der Waals surface area contributed by atoms with Crippen LogP contribution in [0.3, 0.4) is 0 Å². The van der Waals surface area contributed by atoms with Crippen LogP contribution in [0.5, 0.6) is 0 Å². The molecule has 6 aromatic carbocycles. The highest BCUT2D eigenvalue weighted by Gasteiger charge is 2.22. The third-order valence-electron chi connectivity index (χ3n) is 8.67. The van der Waals surface area contributed by atoms with Crippen molar-refractivity contribution >= 4 is 91.7 Å². The van der Waals surface area contributed by atoms with Gasteiger partial charge in [0, 0.05) is 47.4 Å². The Balaban J connectivity index is 1.53. The predicted octanol–water partition coefficient (Wildman–Crippen LogP) is 10.3. The Hall–Kier alpha value is -5.19. The second-order valence-corrected chi connectivity index (χ2v) is 11.8. The minimum atomic E-state index is 1.02. The Labute approximate surface area is 238 Å². The van der Waals surface area contributed by atoms with E-state index in [1.165, 1.54) is 63.7 Å². The van der Waals surface area contributed by atoms with Crippen LogP contribution in [0.25, 0.3) is 86.0 Å². The van der Waals surface area contributed by atoms with E-state index in [1.807, 2.05) is 11.3 Å². The first-order valence-electron chi connectivity index (χ1n) is 13.9. The molecular weight excluding hydrogens is 518 g/mol. The van der Waals surface area contributed by atoms with Crippen molar-refractivity contribution in [3.63, 3.8) is 0 Å². The summed E-state index contributed by atoms with van der Waals surface area (Å²) in [5.41, 5.74) is 7.96. The fourth-order valence-electron chi connectivity index (χ4n) is 7.00. The first-order chi connectivity index (χ1) is 20.4. The third kappa shape index (κ3) is 2.70. The summed E-state index contributed by atoms with van der Waals surface area (Å²) in [5, 5.41) is 8.85. The zero-order valence-corrected chi connectivity index (χ0v) is 22.7. The molecule has 0 aliphatic carbocycles. The summed E-state index contributed by atoms with van der Waals surface area (Å²) in [5.74, 6) is 0. The van der Waals surface area contributed by atoms with Crippen molar-refractivity contribution < 1.29 is 0 Å². The molecule has 10 aromatic rings. The molecule has 0 aliphatic rings. The van der Waals surface area contributed by atoms with Crippen molar-refractivity contribution in [2.75, 3.05) is 0 Å². The van der Waals surface area contributed by atoms with Gasteiger partial charge in [-0.2, -0.15) is 0 Å². The number of rotatable bonds is 1. The number of fused-ring (bicyclic) bond motifs is 16. The lowest BCUT2D eigenvalue weighted by Gasteiger charge is -2.12. The van der Waals surface area contributed by atoms with Gasteiger partial charge in [-0.05, 0) is 47.9 Å². The molecule has 0 saturated carbocycles. The van der Waals surface area contributed by atoms with E-state index in [4.69, 9.17) is 4.98 Å². The van der Waals surface area contributed by atoms with Crippen LogP contribution < -0.4 is 0 Å². The summed E-state index contributed by atoms with van der Waals surface area (Å²) in [7, 11) is 0.